The van der Waals surface area contributed by atoms with E-state index in [1.807, 2.05) is 0 Å². The summed E-state index contributed by atoms with van der Waals surface area (Å²) in [6.45, 7) is 3.33. The predicted molar refractivity (Wildman–Crippen MR) is 57.4 cm³/mol. The van der Waals surface area contributed by atoms with E-state index in [1.54, 1.807) is 19.9 Å². The molecule has 1 aliphatic rings. The van der Waals surface area contributed by atoms with Crippen LogP contribution in [0.3, 0.4) is 0 Å². The van der Waals surface area contributed by atoms with Crippen LogP contribution in [0, 0.1) is 0 Å². The molecule has 1 rings (SSSR count). The van der Waals surface area contributed by atoms with Crippen LogP contribution in [0.25, 0.3) is 0 Å². The van der Waals surface area contributed by atoms with Crippen LogP contribution in [0.15, 0.2) is 11.6 Å². The van der Waals surface area contributed by atoms with Crippen LogP contribution in [0.1, 0.15) is 13.8 Å². The summed E-state index contributed by atoms with van der Waals surface area (Å²) in [5.41, 5.74) is 0.442. The predicted octanol–water partition coefficient (Wildman–Crippen LogP) is 1.27. The third-order valence-corrected chi connectivity index (χ3v) is 2.96. The van der Waals surface area contributed by atoms with E-state index in [1.165, 1.54) is 11.8 Å². The summed E-state index contributed by atoms with van der Waals surface area (Å²) >= 11 is 6.02. The number of thioether (sulfide) groups is 1. The highest BCUT2D eigenvalue weighted by atomic mass is 32.2. The number of hydrogen-bond acceptors (Lipinski definition) is 5. The van der Waals surface area contributed by atoms with Gasteiger partial charge in [-0.1, -0.05) is 17.8 Å². The largest absolute Gasteiger partial charge is 0.359 e. The average Bonchev–Trinajstić information content (AvgIpc) is 2.48. The maximum absolute atomic E-state index is 11.3. The SMILES string of the molecule is CC=C(C)C(=O)ON1C(=O)CSC1=S. The molecular weight excluding hydrogens is 222 g/mol. The zero-order chi connectivity index (χ0) is 10.7. The van der Waals surface area contributed by atoms with Gasteiger partial charge in [0, 0.05) is 5.57 Å². The second-order valence-electron chi connectivity index (χ2n) is 2.59. The first-order valence-corrected chi connectivity index (χ1v) is 5.30. The van der Waals surface area contributed by atoms with Gasteiger partial charge in [0.2, 0.25) is 0 Å². The van der Waals surface area contributed by atoms with Crippen LogP contribution in [0.5, 0.6) is 0 Å². The molecule has 76 valence electrons. The molecule has 0 aromatic rings. The first-order valence-electron chi connectivity index (χ1n) is 3.91. The summed E-state index contributed by atoms with van der Waals surface area (Å²) in [5, 5.41) is 0.870. The molecular formula is C8H9NO3S2. The molecule has 0 spiro atoms. The molecule has 0 unspecified atom stereocenters. The van der Waals surface area contributed by atoms with E-state index in [2.05, 4.69) is 0 Å². The number of carbonyl (C=O) groups excluding carboxylic acids is 2. The fourth-order valence-electron chi connectivity index (χ4n) is 0.703. The third kappa shape index (κ3) is 2.33. The van der Waals surface area contributed by atoms with E-state index in [4.69, 9.17) is 17.1 Å². The summed E-state index contributed by atoms with van der Waals surface area (Å²) in [7, 11) is 0. The smallest absolute Gasteiger partial charge is 0.327 e. The number of amides is 1. The monoisotopic (exact) mass is 231 g/mol. The van der Waals surface area contributed by atoms with Crippen molar-refractivity contribution in [1.82, 2.24) is 5.06 Å². The van der Waals surface area contributed by atoms with Crippen LogP contribution in [0.2, 0.25) is 0 Å². The van der Waals surface area contributed by atoms with Gasteiger partial charge in [-0.25, -0.2) is 4.79 Å². The van der Waals surface area contributed by atoms with Crippen molar-refractivity contribution in [3.63, 3.8) is 0 Å². The van der Waals surface area contributed by atoms with Gasteiger partial charge in [-0.05, 0) is 26.1 Å². The fourth-order valence-corrected chi connectivity index (χ4v) is 1.64. The van der Waals surface area contributed by atoms with Crippen LogP contribution in [-0.4, -0.2) is 27.0 Å². The van der Waals surface area contributed by atoms with Crippen molar-refractivity contribution in [3.05, 3.63) is 11.6 Å². The highest BCUT2D eigenvalue weighted by Gasteiger charge is 2.30. The number of hydroxylamine groups is 2. The molecule has 0 radical (unpaired) electrons. The number of thiocarbonyl (C=S) groups is 1. The van der Waals surface area contributed by atoms with Gasteiger partial charge in [0.25, 0.3) is 5.91 Å². The van der Waals surface area contributed by atoms with E-state index in [-0.39, 0.29) is 16.0 Å². The number of carbonyl (C=O) groups is 2. The van der Waals surface area contributed by atoms with E-state index in [0.717, 1.165) is 5.06 Å². The summed E-state index contributed by atoms with van der Waals surface area (Å²) in [5.74, 6) is -0.607. The van der Waals surface area contributed by atoms with Crippen molar-refractivity contribution in [2.75, 3.05) is 5.75 Å². The van der Waals surface area contributed by atoms with Gasteiger partial charge >= 0.3 is 5.97 Å². The number of allylic oxidation sites excluding steroid dienone is 1. The molecule has 1 saturated heterocycles. The van der Waals surface area contributed by atoms with Crippen molar-refractivity contribution < 1.29 is 14.4 Å². The minimum atomic E-state index is -0.550. The maximum Gasteiger partial charge on any atom is 0.359 e. The van der Waals surface area contributed by atoms with Crippen molar-refractivity contribution in [3.8, 4) is 0 Å². The Balaban J connectivity index is 2.64. The Morgan fingerprint density at radius 3 is 2.79 bits per heavy atom. The van der Waals surface area contributed by atoms with E-state index < -0.39 is 5.97 Å². The van der Waals surface area contributed by atoms with Crippen molar-refractivity contribution in [2.24, 2.45) is 0 Å². The Labute approximate surface area is 91.2 Å². The standard InChI is InChI=1S/C8H9NO3S2/c1-3-5(2)7(11)12-9-6(10)4-14-8(9)13/h3H,4H2,1-2H3. The Bertz CT molecular complexity index is 309. The molecule has 0 aliphatic carbocycles. The fraction of sp³-hybridized carbons (Fsp3) is 0.375. The van der Waals surface area contributed by atoms with Crippen LogP contribution < -0.4 is 0 Å². The van der Waals surface area contributed by atoms with E-state index in [9.17, 15) is 9.59 Å². The normalized spacial score (nSPS) is 17.6. The Morgan fingerprint density at radius 2 is 2.36 bits per heavy atom. The lowest BCUT2D eigenvalue weighted by atomic mass is 10.3. The highest BCUT2D eigenvalue weighted by Crippen LogP contribution is 2.20. The molecule has 0 atom stereocenters. The molecule has 1 fully saturated rings. The van der Waals surface area contributed by atoms with Gasteiger partial charge in [0.05, 0.1) is 5.75 Å². The van der Waals surface area contributed by atoms with E-state index in [0.29, 0.717) is 5.57 Å². The molecule has 14 heavy (non-hydrogen) atoms. The molecule has 1 aliphatic heterocycles. The molecule has 0 aromatic heterocycles. The van der Waals surface area contributed by atoms with Gasteiger partial charge in [0.15, 0.2) is 4.32 Å². The Morgan fingerprint density at radius 1 is 1.71 bits per heavy atom. The molecule has 0 aromatic carbocycles. The number of hydrogen-bond donors (Lipinski definition) is 0. The zero-order valence-corrected chi connectivity index (χ0v) is 9.41. The van der Waals surface area contributed by atoms with Gasteiger partial charge in [-0.3, -0.25) is 4.79 Å². The van der Waals surface area contributed by atoms with E-state index >= 15 is 0 Å². The lowest BCUT2D eigenvalue weighted by Gasteiger charge is -2.13. The van der Waals surface area contributed by atoms with Crippen molar-refractivity contribution in [2.45, 2.75) is 13.8 Å². The molecule has 1 heterocycles. The molecule has 0 saturated carbocycles. The summed E-state index contributed by atoms with van der Waals surface area (Å²) in [6.07, 6.45) is 1.61. The Kier molecular flexibility index (Phi) is 3.65. The van der Waals surface area contributed by atoms with Gasteiger partial charge in [-0.2, -0.15) is 0 Å². The van der Waals surface area contributed by atoms with Crippen LogP contribution in [-0.2, 0) is 14.4 Å². The lowest BCUT2D eigenvalue weighted by Crippen LogP contribution is -2.31. The first kappa shape index (κ1) is 11.2. The summed E-state index contributed by atoms with van der Waals surface area (Å²) in [6, 6.07) is 0. The molecule has 1 amide bonds. The molecule has 4 nitrogen and oxygen atoms in total. The quantitative estimate of drug-likeness (QED) is 0.529. The van der Waals surface area contributed by atoms with Gasteiger partial charge < -0.3 is 4.84 Å². The van der Waals surface area contributed by atoms with Crippen LogP contribution in [0.4, 0.5) is 0 Å². The van der Waals surface area contributed by atoms with Gasteiger partial charge in [-0.15, -0.1) is 5.06 Å². The van der Waals surface area contributed by atoms with Crippen molar-refractivity contribution in [1.29, 1.82) is 0 Å². The highest BCUT2D eigenvalue weighted by molar-refractivity contribution is 8.23. The summed E-state index contributed by atoms with van der Waals surface area (Å²) < 4.78 is 0.284. The lowest BCUT2D eigenvalue weighted by molar-refractivity contribution is -0.175. The van der Waals surface area contributed by atoms with Crippen LogP contribution >= 0.6 is 24.0 Å². The second kappa shape index (κ2) is 4.56. The second-order valence-corrected chi connectivity index (χ2v) is 4.20. The number of rotatable bonds is 2. The third-order valence-electron chi connectivity index (χ3n) is 1.64. The molecule has 0 N–H and O–H groups in total. The Hall–Kier alpha value is -0.880. The summed E-state index contributed by atoms with van der Waals surface area (Å²) in [4.78, 5) is 27.2. The first-order chi connectivity index (χ1) is 6.56. The van der Waals surface area contributed by atoms with Crippen molar-refractivity contribution >= 4 is 40.2 Å². The zero-order valence-electron chi connectivity index (χ0n) is 7.77. The minimum absolute atomic E-state index is 0.237. The van der Waals surface area contributed by atoms with Gasteiger partial charge in [0.1, 0.15) is 0 Å². The topological polar surface area (TPSA) is 46.6 Å². The minimum Gasteiger partial charge on any atom is -0.327 e. The molecule has 6 heteroatoms. The molecule has 0 bridgehead atoms. The maximum atomic E-state index is 11.3. The number of nitrogens with zero attached hydrogens (tertiary/aromatic N) is 1. The average molecular weight is 231 g/mol.